The van der Waals surface area contributed by atoms with Crippen LogP contribution in [-0.4, -0.2) is 22.5 Å². The van der Waals surface area contributed by atoms with Gasteiger partial charge in [-0.05, 0) is 54.6 Å². The number of nitrogens with zero attached hydrogens (tertiary/aromatic N) is 3. The summed E-state index contributed by atoms with van der Waals surface area (Å²) >= 11 is 7.12. The summed E-state index contributed by atoms with van der Waals surface area (Å²) in [5.74, 6) is -0.0987. The molecule has 0 atom stereocenters. The molecular formula is C21H15ClFN3O2S. The van der Waals surface area contributed by atoms with Gasteiger partial charge in [0.05, 0.1) is 22.5 Å². The van der Waals surface area contributed by atoms with E-state index in [-0.39, 0.29) is 24.9 Å². The van der Waals surface area contributed by atoms with Crippen molar-refractivity contribution < 1.29 is 13.9 Å². The quantitative estimate of drug-likeness (QED) is 0.429. The van der Waals surface area contributed by atoms with Gasteiger partial charge in [0.25, 0.3) is 5.91 Å². The highest BCUT2D eigenvalue weighted by molar-refractivity contribution is 7.22. The van der Waals surface area contributed by atoms with Crippen LogP contribution in [0.5, 0.6) is 5.75 Å². The van der Waals surface area contributed by atoms with Crippen molar-refractivity contribution >= 4 is 44.2 Å². The molecule has 146 valence electrons. The molecule has 2 aromatic carbocycles. The van der Waals surface area contributed by atoms with Crippen LogP contribution in [0.15, 0.2) is 66.9 Å². The molecule has 0 bridgehead atoms. The predicted molar refractivity (Wildman–Crippen MR) is 112 cm³/mol. The SMILES string of the molecule is O=C(COc1ccc(Cl)cc1)N(Cc1ccccn1)c1nc2ccc(F)cc2s1. The highest BCUT2D eigenvalue weighted by atomic mass is 35.5. The van der Waals surface area contributed by atoms with Crippen LogP contribution in [0.25, 0.3) is 10.2 Å². The third-order valence-electron chi connectivity index (χ3n) is 4.09. The number of anilines is 1. The Morgan fingerprint density at radius 2 is 1.97 bits per heavy atom. The highest BCUT2D eigenvalue weighted by Gasteiger charge is 2.21. The number of aromatic nitrogens is 2. The minimum Gasteiger partial charge on any atom is -0.484 e. The molecular weight excluding hydrogens is 413 g/mol. The second kappa shape index (κ2) is 8.55. The molecule has 4 rings (SSSR count). The van der Waals surface area contributed by atoms with Gasteiger partial charge in [-0.2, -0.15) is 0 Å². The van der Waals surface area contributed by atoms with Crippen LogP contribution in [0.3, 0.4) is 0 Å². The van der Waals surface area contributed by atoms with Gasteiger partial charge in [0.1, 0.15) is 11.6 Å². The summed E-state index contributed by atoms with van der Waals surface area (Å²) < 4.78 is 19.8. The van der Waals surface area contributed by atoms with Gasteiger partial charge in [-0.25, -0.2) is 9.37 Å². The first kappa shape index (κ1) is 19.3. The Morgan fingerprint density at radius 1 is 1.14 bits per heavy atom. The summed E-state index contributed by atoms with van der Waals surface area (Å²) in [5.41, 5.74) is 1.33. The number of fused-ring (bicyclic) bond motifs is 1. The normalized spacial score (nSPS) is 10.8. The maximum atomic E-state index is 13.5. The number of hydrogen-bond acceptors (Lipinski definition) is 5. The van der Waals surface area contributed by atoms with E-state index in [1.807, 2.05) is 12.1 Å². The third-order valence-corrected chi connectivity index (χ3v) is 5.39. The molecule has 0 unspecified atom stereocenters. The third kappa shape index (κ3) is 4.70. The predicted octanol–water partition coefficient (Wildman–Crippen LogP) is 5.10. The fraction of sp³-hybridized carbons (Fsp3) is 0.0952. The molecule has 2 heterocycles. The number of amides is 1. The summed E-state index contributed by atoms with van der Waals surface area (Å²) in [6, 6.07) is 16.6. The number of hydrogen-bond donors (Lipinski definition) is 0. The molecule has 8 heteroatoms. The standard InChI is InChI=1S/C21H15ClFN3O2S/c22-14-4-7-17(8-5-14)28-13-20(27)26(12-16-3-1-2-10-24-16)21-25-18-9-6-15(23)11-19(18)29-21/h1-11H,12-13H2. The van der Waals surface area contributed by atoms with Crippen LogP contribution in [0, 0.1) is 5.82 Å². The topological polar surface area (TPSA) is 55.3 Å². The van der Waals surface area contributed by atoms with Gasteiger partial charge < -0.3 is 4.74 Å². The van der Waals surface area contributed by atoms with Gasteiger partial charge in [0.15, 0.2) is 11.7 Å². The largest absolute Gasteiger partial charge is 0.484 e. The molecule has 0 aliphatic heterocycles. The number of pyridine rings is 1. The summed E-state index contributed by atoms with van der Waals surface area (Å²) in [5, 5.41) is 1.04. The van der Waals surface area contributed by atoms with Crippen molar-refractivity contribution in [1.29, 1.82) is 0 Å². The Morgan fingerprint density at radius 3 is 2.72 bits per heavy atom. The van der Waals surface area contributed by atoms with Crippen molar-refractivity contribution in [3.05, 3.63) is 83.4 Å². The smallest absolute Gasteiger partial charge is 0.267 e. The lowest BCUT2D eigenvalue weighted by Crippen LogP contribution is -2.34. The Balaban J connectivity index is 1.59. The molecule has 0 saturated heterocycles. The minimum absolute atomic E-state index is 0.182. The van der Waals surface area contributed by atoms with E-state index in [9.17, 15) is 9.18 Å². The van der Waals surface area contributed by atoms with Crippen molar-refractivity contribution in [2.24, 2.45) is 0 Å². The highest BCUT2D eigenvalue weighted by Crippen LogP contribution is 2.30. The van der Waals surface area contributed by atoms with Crippen LogP contribution < -0.4 is 9.64 Å². The molecule has 29 heavy (non-hydrogen) atoms. The summed E-state index contributed by atoms with van der Waals surface area (Å²) in [6.45, 7) is 0.0463. The minimum atomic E-state index is -0.346. The molecule has 0 saturated carbocycles. The van der Waals surface area contributed by atoms with E-state index in [2.05, 4.69) is 9.97 Å². The van der Waals surface area contributed by atoms with Crippen molar-refractivity contribution in [2.75, 3.05) is 11.5 Å². The fourth-order valence-corrected chi connectivity index (χ4v) is 3.80. The van der Waals surface area contributed by atoms with Gasteiger partial charge >= 0.3 is 0 Å². The van der Waals surface area contributed by atoms with Crippen LogP contribution in [0.4, 0.5) is 9.52 Å². The first-order valence-electron chi connectivity index (χ1n) is 8.73. The van der Waals surface area contributed by atoms with Gasteiger partial charge in [-0.15, -0.1) is 0 Å². The zero-order valence-corrected chi connectivity index (χ0v) is 16.7. The van der Waals surface area contributed by atoms with Crippen LogP contribution in [0.1, 0.15) is 5.69 Å². The van der Waals surface area contributed by atoms with E-state index in [0.29, 0.717) is 31.8 Å². The first-order chi connectivity index (χ1) is 14.1. The molecule has 0 spiro atoms. The van der Waals surface area contributed by atoms with Crippen molar-refractivity contribution in [1.82, 2.24) is 9.97 Å². The molecule has 4 aromatic rings. The summed E-state index contributed by atoms with van der Waals surface area (Å²) in [6.07, 6.45) is 1.66. The maximum Gasteiger partial charge on any atom is 0.267 e. The summed E-state index contributed by atoms with van der Waals surface area (Å²) in [4.78, 5) is 23.3. The Bertz CT molecular complexity index is 1140. The molecule has 0 N–H and O–H groups in total. The number of thiazole rings is 1. The Kier molecular flexibility index (Phi) is 5.69. The number of ether oxygens (including phenoxy) is 1. The van der Waals surface area contributed by atoms with Crippen LogP contribution >= 0.6 is 22.9 Å². The second-order valence-electron chi connectivity index (χ2n) is 6.15. The van der Waals surface area contributed by atoms with Gasteiger partial charge in [0.2, 0.25) is 0 Å². The number of carbonyl (C=O) groups is 1. The zero-order chi connectivity index (χ0) is 20.2. The monoisotopic (exact) mass is 427 g/mol. The number of halogens is 2. The van der Waals surface area contributed by atoms with Gasteiger partial charge in [-0.3, -0.25) is 14.7 Å². The molecule has 0 aliphatic carbocycles. The van der Waals surface area contributed by atoms with Crippen molar-refractivity contribution in [2.45, 2.75) is 6.54 Å². The number of carbonyl (C=O) groups excluding carboxylic acids is 1. The van der Waals surface area contributed by atoms with E-state index in [1.165, 1.54) is 28.4 Å². The molecule has 0 radical (unpaired) electrons. The lowest BCUT2D eigenvalue weighted by Gasteiger charge is -2.19. The first-order valence-corrected chi connectivity index (χ1v) is 9.93. The van der Waals surface area contributed by atoms with E-state index in [1.54, 1.807) is 42.6 Å². The fourth-order valence-electron chi connectivity index (χ4n) is 2.67. The molecule has 0 fully saturated rings. The lowest BCUT2D eigenvalue weighted by molar-refractivity contribution is -0.120. The van der Waals surface area contributed by atoms with Crippen LogP contribution in [0.2, 0.25) is 5.02 Å². The van der Waals surface area contributed by atoms with Crippen LogP contribution in [-0.2, 0) is 11.3 Å². The molecule has 5 nitrogen and oxygen atoms in total. The Hall–Kier alpha value is -3.03. The second-order valence-corrected chi connectivity index (χ2v) is 7.60. The van der Waals surface area contributed by atoms with Gasteiger partial charge in [0, 0.05) is 11.2 Å². The van der Waals surface area contributed by atoms with E-state index < -0.39 is 0 Å². The van der Waals surface area contributed by atoms with E-state index in [4.69, 9.17) is 16.3 Å². The van der Waals surface area contributed by atoms with Crippen molar-refractivity contribution in [3.63, 3.8) is 0 Å². The average molecular weight is 428 g/mol. The summed E-state index contributed by atoms with van der Waals surface area (Å²) in [7, 11) is 0. The lowest BCUT2D eigenvalue weighted by atomic mass is 10.3. The Labute approximate surface area is 175 Å². The van der Waals surface area contributed by atoms with Crippen molar-refractivity contribution in [3.8, 4) is 5.75 Å². The molecule has 2 aromatic heterocycles. The van der Waals surface area contributed by atoms with Gasteiger partial charge in [-0.1, -0.05) is 29.0 Å². The van der Waals surface area contributed by atoms with E-state index >= 15 is 0 Å². The van der Waals surface area contributed by atoms with E-state index in [0.717, 1.165) is 0 Å². The maximum absolute atomic E-state index is 13.5. The molecule has 1 amide bonds. The number of rotatable bonds is 6. The zero-order valence-electron chi connectivity index (χ0n) is 15.1. The number of benzene rings is 2. The average Bonchev–Trinajstić information content (AvgIpc) is 3.15. The molecule has 0 aliphatic rings.